The molecule has 29 heavy (non-hydrogen) atoms. The van der Waals surface area contributed by atoms with Gasteiger partial charge in [-0.3, -0.25) is 20.4 Å². The minimum Gasteiger partial charge on any atom is -0.497 e. The van der Waals surface area contributed by atoms with Crippen molar-refractivity contribution in [1.29, 1.82) is 0 Å². The van der Waals surface area contributed by atoms with Gasteiger partial charge in [0.15, 0.2) is 0 Å². The topological polar surface area (TPSA) is 96.4 Å². The summed E-state index contributed by atoms with van der Waals surface area (Å²) in [6, 6.07) is 16.4. The number of hydrogen-bond acceptors (Lipinski definition) is 4. The van der Waals surface area contributed by atoms with Crippen LogP contribution < -0.4 is 15.6 Å². The van der Waals surface area contributed by atoms with Crippen molar-refractivity contribution >= 4 is 38.7 Å². The van der Waals surface area contributed by atoms with Gasteiger partial charge in [-0.15, -0.1) is 0 Å². The Morgan fingerprint density at radius 1 is 1.03 bits per heavy atom. The third-order valence-electron chi connectivity index (χ3n) is 4.35. The number of rotatable bonds is 4. The van der Waals surface area contributed by atoms with Crippen molar-refractivity contribution in [3.63, 3.8) is 0 Å². The summed E-state index contributed by atoms with van der Waals surface area (Å²) in [5, 5.41) is 0.766. The van der Waals surface area contributed by atoms with E-state index >= 15 is 0 Å². The minimum atomic E-state index is -0.571. The second-order valence-electron chi connectivity index (χ2n) is 6.17. The fraction of sp³-hybridized carbons (Fsp3) is 0.0476. The summed E-state index contributed by atoms with van der Waals surface area (Å²) in [5.74, 6) is -0.350. The Kier molecular flexibility index (Phi) is 5.09. The first-order valence-electron chi connectivity index (χ1n) is 8.67. The highest BCUT2D eigenvalue weighted by Gasteiger charge is 2.23. The van der Waals surface area contributed by atoms with Crippen molar-refractivity contribution in [3.05, 3.63) is 76.7 Å². The maximum atomic E-state index is 12.8. The first kappa shape index (κ1) is 18.8. The Morgan fingerprint density at radius 2 is 1.79 bits per heavy atom. The number of carbonyl (C=O) groups is 2. The van der Waals surface area contributed by atoms with Gasteiger partial charge in [-0.1, -0.05) is 30.3 Å². The smallest absolute Gasteiger partial charge is 0.306 e. The number of ether oxygens (including phenoxy) is 1. The van der Waals surface area contributed by atoms with Gasteiger partial charge in [0.1, 0.15) is 17.0 Å². The van der Waals surface area contributed by atoms with Crippen LogP contribution in [0.4, 0.5) is 0 Å². The third-order valence-corrected chi connectivity index (χ3v) is 4.81. The highest BCUT2D eigenvalue weighted by molar-refractivity contribution is 9.10. The van der Waals surface area contributed by atoms with Gasteiger partial charge < -0.3 is 14.1 Å². The SMILES string of the molecule is COc1ccc2c(-c3ccccc3)c(C(=O)NNC(=O)c3cc(Br)c[nH]3)oc2c1. The van der Waals surface area contributed by atoms with E-state index in [1.54, 1.807) is 31.5 Å². The zero-order valence-corrected chi connectivity index (χ0v) is 16.9. The fourth-order valence-corrected chi connectivity index (χ4v) is 3.34. The number of nitrogens with one attached hydrogen (secondary N) is 3. The van der Waals surface area contributed by atoms with Gasteiger partial charge in [-0.2, -0.15) is 0 Å². The highest BCUT2D eigenvalue weighted by Crippen LogP contribution is 2.36. The molecule has 0 saturated carbocycles. The van der Waals surface area contributed by atoms with Crippen molar-refractivity contribution < 1.29 is 18.7 Å². The molecule has 2 amide bonds. The second kappa shape index (κ2) is 7.84. The van der Waals surface area contributed by atoms with Crippen molar-refractivity contribution in [2.75, 3.05) is 7.11 Å². The number of aromatic nitrogens is 1. The van der Waals surface area contributed by atoms with Crippen molar-refractivity contribution in [2.24, 2.45) is 0 Å². The Balaban J connectivity index is 1.68. The van der Waals surface area contributed by atoms with Crippen LogP contribution in [-0.4, -0.2) is 23.9 Å². The normalized spacial score (nSPS) is 10.7. The second-order valence-corrected chi connectivity index (χ2v) is 7.09. The van der Waals surface area contributed by atoms with Crippen molar-refractivity contribution in [3.8, 4) is 16.9 Å². The lowest BCUT2D eigenvalue weighted by Gasteiger charge is -2.07. The number of H-pyrrole nitrogens is 1. The quantitative estimate of drug-likeness (QED) is 0.402. The summed E-state index contributed by atoms with van der Waals surface area (Å²) in [4.78, 5) is 27.8. The largest absolute Gasteiger partial charge is 0.497 e. The van der Waals surface area contributed by atoms with Crippen molar-refractivity contribution in [1.82, 2.24) is 15.8 Å². The molecule has 0 unspecified atom stereocenters. The molecule has 2 aromatic heterocycles. The number of halogens is 1. The number of benzene rings is 2. The molecular weight excluding hydrogens is 438 g/mol. The number of hydrazine groups is 1. The van der Waals surface area contributed by atoms with Crippen molar-refractivity contribution in [2.45, 2.75) is 0 Å². The molecule has 0 radical (unpaired) electrons. The van der Waals surface area contributed by atoms with E-state index in [4.69, 9.17) is 9.15 Å². The summed E-state index contributed by atoms with van der Waals surface area (Å²) in [6.07, 6.45) is 1.62. The predicted octanol–water partition coefficient (Wildman–Crippen LogP) is 4.27. The molecule has 0 atom stereocenters. The van der Waals surface area contributed by atoms with E-state index in [0.29, 0.717) is 22.6 Å². The van der Waals surface area contributed by atoms with Gasteiger partial charge in [0.05, 0.1) is 7.11 Å². The summed E-state index contributed by atoms with van der Waals surface area (Å²) in [7, 11) is 1.56. The monoisotopic (exact) mass is 453 g/mol. The van der Waals surface area contributed by atoms with Crippen LogP contribution in [0.1, 0.15) is 21.0 Å². The number of amides is 2. The van der Waals surface area contributed by atoms with Crippen LogP contribution in [0.5, 0.6) is 5.75 Å². The Morgan fingerprint density at radius 3 is 2.48 bits per heavy atom. The molecule has 0 fully saturated rings. The van der Waals surface area contributed by atoms with E-state index in [2.05, 4.69) is 31.8 Å². The number of hydrogen-bond donors (Lipinski definition) is 3. The molecule has 3 N–H and O–H groups in total. The standard InChI is InChI=1S/C21H16BrN3O4/c1-28-14-7-8-15-17(10-14)29-19(18(15)12-5-3-2-4-6-12)21(27)25-24-20(26)16-9-13(22)11-23-16/h2-11,23H,1H3,(H,24,26)(H,25,27). The molecule has 146 valence electrons. The van der Waals surface area contributed by atoms with E-state index < -0.39 is 11.8 Å². The molecule has 7 nitrogen and oxygen atoms in total. The summed E-state index contributed by atoms with van der Waals surface area (Å²) < 4.78 is 11.8. The maximum absolute atomic E-state index is 12.8. The number of aromatic amines is 1. The lowest BCUT2D eigenvalue weighted by Crippen LogP contribution is -2.41. The van der Waals surface area contributed by atoms with E-state index in [1.807, 2.05) is 36.4 Å². The average Bonchev–Trinajstić information content (AvgIpc) is 3.35. The first-order valence-corrected chi connectivity index (χ1v) is 9.46. The Labute approximate surface area is 174 Å². The van der Waals surface area contributed by atoms with Crippen LogP contribution in [0, 0.1) is 0 Å². The van der Waals surface area contributed by atoms with Crippen LogP contribution in [0.15, 0.2) is 69.7 Å². The number of methoxy groups -OCH3 is 1. The van der Waals surface area contributed by atoms with Gasteiger partial charge >= 0.3 is 5.91 Å². The first-order chi connectivity index (χ1) is 14.1. The summed E-state index contributed by atoms with van der Waals surface area (Å²) in [5.41, 5.74) is 7.05. The predicted molar refractivity (Wildman–Crippen MR) is 112 cm³/mol. The molecule has 0 spiro atoms. The third kappa shape index (κ3) is 3.74. The zero-order valence-electron chi connectivity index (χ0n) is 15.3. The summed E-state index contributed by atoms with van der Waals surface area (Å²) in [6.45, 7) is 0. The van der Waals surface area contributed by atoms with E-state index in [1.165, 1.54) is 0 Å². The maximum Gasteiger partial charge on any atom is 0.306 e. The molecule has 0 bridgehead atoms. The molecule has 0 aliphatic heterocycles. The number of fused-ring (bicyclic) bond motifs is 1. The van der Waals surface area contributed by atoms with E-state index in [-0.39, 0.29) is 5.76 Å². The molecule has 8 heteroatoms. The highest BCUT2D eigenvalue weighted by atomic mass is 79.9. The minimum absolute atomic E-state index is 0.0902. The van der Waals surface area contributed by atoms with E-state index in [0.717, 1.165) is 15.4 Å². The molecule has 0 aliphatic carbocycles. The zero-order chi connectivity index (χ0) is 20.4. The van der Waals surface area contributed by atoms with Crippen LogP contribution in [0.25, 0.3) is 22.1 Å². The van der Waals surface area contributed by atoms with Crippen LogP contribution in [0.2, 0.25) is 0 Å². The molecule has 2 aromatic carbocycles. The molecule has 4 aromatic rings. The van der Waals surface area contributed by atoms with Crippen LogP contribution >= 0.6 is 15.9 Å². The molecule has 2 heterocycles. The Hall–Kier alpha value is -3.52. The number of furan rings is 1. The average molecular weight is 454 g/mol. The summed E-state index contributed by atoms with van der Waals surface area (Å²) >= 11 is 3.26. The van der Waals surface area contributed by atoms with Gasteiger partial charge in [-0.25, -0.2) is 0 Å². The lowest BCUT2D eigenvalue weighted by atomic mass is 10.0. The van der Waals surface area contributed by atoms with Gasteiger partial charge in [0.25, 0.3) is 5.91 Å². The molecule has 0 aliphatic rings. The van der Waals surface area contributed by atoms with E-state index in [9.17, 15) is 9.59 Å². The van der Waals surface area contributed by atoms with Gasteiger partial charge in [-0.05, 0) is 39.7 Å². The van der Waals surface area contributed by atoms with Crippen LogP contribution in [-0.2, 0) is 0 Å². The molecular formula is C21H16BrN3O4. The number of carbonyl (C=O) groups excluding carboxylic acids is 2. The lowest BCUT2D eigenvalue weighted by molar-refractivity contribution is 0.0830. The Bertz CT molecular complexity index is 1200. The van der Waals surface area contributed by atoms with Gasteiger partial charge in [0.2, 0.25) is 5.76 Å². The fourth-order valence-electron chi connectivity index (χ4n) is 2.99. The molecule has 4 rings (SSSR count). The van der Waals surface area contributed by atoms with Gasteiger partial charge in [0, 0.05) is 27.7 Å². The molecule has 0 saturated heterocycles. The van der Waals surface area contributed by atoms with Crippen LogP contribution in [0.3, 0.4) is 0 Å².